The summed E-state index contributed by atoms with van der Waals surface area (Å²) in [5.41, 5.74) is 0.517. The maximum absolute atomic E-state index is 12.0. The third kappa shape index (κ3) is 5.95. The van der Waals surface area contributed by atoms with Gasteiger partial charge in [0.05, 0.1) is 11.6 Å². The summed E-state index contributed by atoms with van der Waals surface area (Å²) in [5, 5.41) is 14.0. The Morgan fingerprint density at radius 1 is 1.24 bits per heavy atom. The van der Waals surface area contributed by atoms with E-state index in [1.165, 1.54) is 0 Å². The topological polar surface area (TPSA) is 104 Å². The number of benzene rings is 1. The lowest BCUT2D eigenvalue weighted by Crippen LogP contribution is -2.37. The fourth-order valence-electron chi connectivity index (χ4n) is 1.95. The molecule has 2 rings (SSSR count). The highest BCUT2D eigenvalue weighted by Gasteiger charge is 2.14. The summed E-state index contributed by atoms with van der Waals surface area (Å²) in [6.07, 6.45) is 0.998. The molecule has 0 unspecified atom stereocenters. The molecule has 2 N–H and O–H groups in total. The first kappa shape index (κ1) is 17.9. The van der Waals surface area contributed by atoms with Crippen molar-refractivity contribution in [1.82, 2.24) is 10.3 Å². The molecule has 2 amide bonds. The lowest BCUT2D eigenvalue weighted by atomic mass is 10.2. The van der Waals surface area contributed by atoms with Gasteiger partial charge >= 0.3 is 0 Å². The number of ether oxygens (including phenoxy) is 1. The number of rotatable bonds is 7. The third-order valence-corrected chi connectivity index (χ3v) is 3.25. The van der Waals surface area contributed by atoms with E-state index >= 15 is 0 Å². The van der Waals surface area contributed by atoms with E-state index in [4.69, 9.17) is 10.00 Å². The van der Waals surface area contributed by atoms with Crippen molar-refractivity contribution in [3.63, 3.8) is 0 Å². The van der Waals surface area contributed by atoms with E-state index in [1.54, 1.807) is 55.6 Å². The lowest BCUT2D eigenvalue weighted by Gasteiger charge is -2.14. The van der Waals surface area contributed by atoms with Gasteiger partial charge in [0.1, 0.15) is 11.6 Å². The fraction of sp³-hybridized carbons (Fsp3) is 0.222. The predicted octanol–water partition coefficient (Wildman–Crippen LogP) is 1.87. The number of hydrogen-bond acceptors (Lipinski definition) is 5. The summed E-state index contributed by atoms with van der Waals surface area (Å²) in [5.74, 6) is 0.403. The molecule has 25 heavy (non-hydrogen) atoms. The second-order valence-electron chi connectivity index (χ2n) is 5.20. The number of aromatic nitrogens is 1. The number of nitriles is 1. The molecule has 1 atom stereocenters. The van der Waals surface area contributed by atoms with Crippen molar-refractivity contribution in [2.24, 2.45) is 0 Å². The Labute approximate surface area is 145 Å². The van der Waals surface area contributed by atoms with Crippen LogP contribution in [-0.4, -0.2) is 29.4 Å². The van der Waals surface area contributed by atoms with Gasteiger partial charge in [-0.1, -0.05) is 6.07 Å². The Hall–Kier alpha value is -3.40. The van der Waals surface area contributed by atoms with Gasteiger partial charge in [0.25, 0.3) is 5.91 Å². The van der Waals surface area contributed by atoms with Crippen molar-refractivity contribution in [3.8, 4) is 11.8 Å². The minimum atomic E-state index is -0.716. The summed E-state index contributed by atoms with van der Waals surface area (Å²) >= 11 is 0. The van der Waals surface area contributed by atoms with Crippen molar-refractivity contribution in [2.75, 3.05) is 11.9 Å². The van der Waals surface area contributed by atoms with Gasteiger partial charge < -0.3 is 15.4 Å². The zero-order valence-corrected chi connectivity index (χ0v) is 13.7. The first-order chi connectivity index (χ1) is 12.1. The molecule has 0 fully saturated rings. The Kier molecular flexibility index (Phi) is 6.48. The SMILES string of the molecule is C[C@@H](Oc1ccc(C#N)cc1)C(=O)NCCC(=O)Nc1ccccn1. The van der Waals surface area contributed by atoms with Crippen molar-refractivity contribution in [3.05, 3.63) is 54.2 Å². The predicted molar refractivity (Wildman–Crippen MR) is 91.7 cm³/mol. The van der Waals surface area contributed by atoms with Gasteiger partial charge in [-0.05, 0) is 43.3 Å². The molecule has 0 radical (unpaired) electrons. The maximum atomic E-state index is 12.0. The van der Waals surface area contributed by atoms with Gasteiger partial charge in [0, 0.05) is 19.2 Å². The third-order valence-electron chi connectivity index (χ3n) is 3.25. The summed E-state index contributed by atoms with van der Waals surface area (Å²) < 4.78 is 5.50. The second kappa shape index (κ2) is 9.03. The molecule has 7 heteroatoms. The van der Waals surface area contributed by atoms with Gasteiger partial charge in [-0.3, -0.25) is 9.59 Å². The van der Waals surface area contributed by atoms with E-state index in [0.29, 0.717) is 17.1 Å². The molecule has 1 aromatic heterocycles. The maximum Gasteiger partial charge on any atom is 0.260 e. The van der Waals surface area contributed by atoms with Gasteiger partial charge in [-0.15, -0.1) is 0 Å². The van der Waals surface area contributed by atoms with Gasteiger partial charge in [-0.2, -0.15) is 5.26 Å². The molecule has 7 nitrogen and oxygen atoms in total. The molecule has 0 aliphatic heterocycles. The minimum absolute atomic E-state index is 0.131. The summed E-state index contributed by atoms with van der Waals surface area (Å²) in [6, 6.07) is 13.7. The van der Waals surface area contributed by atoms with Crippen LogP contribution in [0.4, 0.5) is 5.82 Å². The Morgan fingerprint density at radius 2 is 2.00 bits per heavy atom. The fourth-order valence-corrected chi connectivity index (χ4v) is 1.95. The zero-order valence-electron chi connectivity index (χ0n) is 13.7. The molecule has 1 heterocycles. The molecule has 0 aliphatic carbocycles. The van der Waals surface area contributed by atoms with E-state index in [9.17, 15) is 9.59 Å². The van der Waals surface area contributed by atoms with Crippen LogP contribution in [-0.2, 0) is 9.59 Å². The molecule has 0 bridgehead atoms. The smallest absolute Gasteiger partial charge is 0.260 e. The van der Waals surface area contributed by atoms with E-state index in [-0.39, 0.29) is 24.8 Å². The first-order valence-electron chi connectivity index (χ1n) is 7.74. The highest BCUT2D eigenvalue weighted by atomic mass is 16.5. The average molecular weight is 338 g/mol. The van der Waals surface area contributed by atoms with Crippen LogP contribution in [0.5, 0.6) is 5.75 Å². The van der Waals surface area contributed by atoms with Crippen LogP contribution in [0.1, 0.15) is 18.9 Å². The molecule has 2 aromatic rings. The summed E-state index contributed by atoms with van der Waals surface area (Å²) in [7, 11) is 0. The highest BCUT2D eigenvalue weighted by molar-refractivity contribution is 5.90. The number of nitrogens with one attached hydrogen (secondary N) is 2. The van der Waals surface area contributed by atoms with Crippen LogP contribution in [0, 0.1) is 11.3 Å². The van der Waals surface area contributed by atoms with E-state index in [1.807, 2.05) is 6.07 Å². The van der Waals surface area contributed by atoms with Gasteiger partial charge in [0.15, 0.2) is 6.10 Å². The van der Waals surface area contributed by atoms with Crippen LogP contribution in [0.25, 0.3) is 0 Å². The Morgan fingerprint density at radius 3 is 2.64 bits per heavy atom. The van der Waals surface area contributed by atoms with Crippen molar-refractivity contribution in [1.29, 1.82) is 5.26 Å². The largest absolute Gasteiger partial charge is 0.481 e. The van der Waals surface area contributed by atoms with Gasteiger partial charge in [-0.25, -0.2) is 4.98 Å². The first-order valence-corrected chi connectivity index (χ1v) is 7.74. The number of pyridine rings is 1. The van der Waals surface area contributed by atoms with Crippen LogP contribution in [0.3, 0.4) is 0 Å². The standard InChI is InChI=1S/C18H18N4O3/c1-13(25-15-7-5-14(12-19)6-8-15)18(24)21-11-9-17(23)22-16-4-2-3-10-20-16/h2-8,10,13H,9,11H2,1H3,(H,21,24)(H,20,22,23)/t13-/m1/s1. The number of anilines is 1. The number of carbonyl (C=O) groups is 2. The Balaban J connectivity index is 1.71. The van der Waals surface area contributed by atoms with E-state index in [0.717, 1.165) is 0 Å². The average Bonchev–Trinajstić information content (AvgIpc) is 2.63. The molecular weight excluding hydrogens is 320 g/mol. The molecule has 0 saturated carbocycles. The number of nitrogens with zero attached hydrogens (tertiary/aromatic N) is 2. The zero-order chi connectivity index (χ0) is 18.1. The van der Waals surface area contributed by atoms with Crippen molar-refractivity contribution in [2.45, 2.75) is 19.4 Å². The Bertz CT molecular complexity index is 754. The van der Waals surface area contributed by atoms with E-state index in [2.05, 4.69) is 15.6 Å². The summed E-state index contributed by atoms with van der Waals surface area (Å²) in [4.78, 5) is 27.7. The summed E-state index contributed by atoms with van der Waals surface area (Å²) in [6.45, 7) is 1.81. The van der Waals surface area contributed by atoms with Crippen LogP contribution >= 0.6 is 0 Å². The van der Waals surface area contributed by atoms with Crippen LogP contribution in [0.15, 0.2) is 48.7 Å². The normalized spacial score (nSPS) is 11.0. The minimum Gasteiger partial charge on any atom is -0.481 e. The van der Waals surface area contributed by atoms with Crippen LogP contribution < -0.4 is 15.4 Å². The van der Waals surface area contributed by atoms with Crippen molar-refractivity contribution < 1.29 is 14.3 Å². The molecule has 1 aromatic carbocycles. The quantitative estimate of drug-likeness (QED) is 0.802. The van der Waals surface area contributed by atoms with Crippen LogP contribution in [0.2, 0.25) is 0 Å². The van der Waals surface area contributed by atoms with Crippen molar-refractivity contribution >= 4 is 17.6 Å². The van der Waals surface area contributed by atoms with Gasteiger partial charge in [0.2, 0.25) is 5.91 Å². The molecular formula is C18H18N4O3. The lowest BCUT2D eigenvalue weighted by molar-refractivity contribution is -0.127. The number of hydrogen-bond donors (Lipinski definition) is 2. The molecule has 128 valence electrons. The molecule has 0 aliphatic rings. The number of carbonyl (C=O) groups excluding carboxylic acids is 2. The highest BCUT2D eigenvalue weighted by Crippen LogP contribution is 2.13. The second-order valence-corrected chi connectivity index (χ2v) is 5.20. The monoisotopic (exact) mass is 338 g/mol. The van der Waals surface area contributed by atoms with E-state index < -0.39 is 6.10 Å². The number of amides is 2. The molecule has 0 saturated heterocycles. The molecule has 0 spiro atoms.